The highest BCUT2D eigenvalue weighted by Gasteiger charge is 2.35. The molecule has 0 unspecified atom stereocenters. The molecule has 0 aromatic carbocycles. The lowest BCUT2D eigenvalue weighted by Crippen LogP contribution is -2.49. The van der Waals surface area contributed by atoms with Crippen molar-refractivity contribution in [3.05, 3.63) is 0 Å². The second-order valence-corrected chi connectivity index (χ2v) is 8.23. The Morgan fingerprint density at radius 3 is 2.12 bits per heavy atom. The summed E-state index contributed by atoms with van der Waals surface area (Å²) >= 11 is 0. The molecule has 0 N–H and O–H groups in total. The molecule has 0 saturated carbocycles. The van der Waals surface area contributed by atoms with E-state index in [4.69, 9.17) is 0 Å². The number of nitrogens with zero attached hydrogens (tertiary/aromatic N) is 1. The summed E-state index contributed by atoms with van der Waals surface area (Å²) in [5.41, 5.74) is -0.394. The Bertz CT molecular complexity index is 371. The Balaban J connectivity index is 2.65. The van der Waals surface area contributed by atoms with E-state index in [-0.39, 0.29) is 17.4 Å². The molecule has 1 heterocycles. The molecule has 0 aliphatic carbocycles. The summed E-state index contributed by atoms with van der Waals surface area (Å²) < 4.78 is 22.6. The maximum Gasteiger partial charge on any atom is 0.228 e. The summed E-state index contributed by atoms with van der Waals surface area (Å²) in [4.78, 5) is 14.0. The van der Waals surface area contributed by atoms with Gasteiger partial charge in [-0.2, -0.15) is 0 Å². The first-order valence-corrected chi connectivity index (χ1v) is 7.96. The van der Waals surface area contributed by atoms with Crippen molar-refractivity contribution < 1.29 is 13.2 Å². The highest BCUT2D eigenvalue weighted by atomic mass is 32.2. The van der Waals surface area contributed by atoms with Gasteiger partial charge in [0.2, 0.25) is 5.91 Å². The van der Waals surface area contributed by atoms with Gasteiger partial charge in [-0.15, -0.1) is 0 Å². The summed E-state index contributed by atoms with van der Waals surface area (Å²) in [6.07, 6.45) is 0.828. The van der Waals surface area contributed by atoms with Gasteiger partial charge >= 0.3 is 0 Å². The predicted molar refractivity (Wildman–Crippen MR) is 68.5 cm³/mol. The van der Waals surface area contributed by atoms with Crippen LogP contribution >= 0.6 is 0 Å². The van der Waals surface area contributed by atoms with Crippen molar-refractivity contribution in [3.8, 4) is 0 Å². The van der Waals surface area contributed by atoms with E-state index >= 15 is 0 Å². The van der Waals surface area contributed by atoms with Crippen LogP contribution in [0.3, 0.4) is 0 Å². The van der Waals surface area contributed by atoms with E-state index in [9.17, 15) is 13.2 Å². The van der Waals surface area contributed by atoms with Crippen LogP contribution in [0.5, 0.6) is 0 Å². The van der Waals surface area contributed by atoms with Crippen LogP contribution in [0.2, 0.25) is 0 Å². The lowest BCUT2D eigenvalue weighted by molar-refractivity contribution is -0.140. The number of carbonyl (C=O) groups excluding carboxylic acids is 1. The average Bonchev–Trinajstić information content (AvgIpc) is 2.14. The van der Waals surface area contributed by atoms with Crippen LogP contribution in [0, 0.1) is 11.3 Å². The molecule has 0 bridgehead atoms. The van der Waals surface area contributed by atoms with E-state index < -0.39 is 15.3 Å². The molecule has 5 heteroatoms. The van der Waals surface area contributed by atoms with Gasteiger partial charge in [-0.3, -0.25) is 4.79 Å². The van der Waals surface area contributed by atoms with Gasteiger partial charge in [0, 0.05) is 18.5 Å². The van der Waals surface area contributed by atoms with Crippen molar-refractivity contribution in [1.29, 1.82) is 0 Å². The maximum atomic E-state index is 12.3. The zero-order chi connectivity index (χ0) is 13.3. The van der Waals surface area contributed by atoms with Gasteiger partial charge in [0.15, 0.2) is 9.84 Å². The van der Waals surface area contributed by atoms with Crippen LogP contribution in [-0.4, -0.2) is 43.8 Å². The molecule has 4 nitrogen and oxygen atoms in total. The third-order valence-electron chi connectivity index (χ3n) is 3.13. The highest BCUT2D eigenvalue weighted by Crippen LogP contribution is 2.28. The molecule has 0 aromatic heterocycles. The first kappa shape index (κ1) is 14.5. The van der Waals surface area contributed by atoms with Crippen molar-refractivity contribution in [3.63, 3.8) is 0 Å². The SMILES string of the molecule is CC(C)CC(C)(C)C(=O)N1CCS(=O)(=O)CC1. The molecule has 1 fully saturated rings. The Labute approximate surface area is 104 Å². The smallest absolute Gasteiger partial charge is 0.228 e. The first-order chi connectivity index (χ1) is 7.64. The molecule has 0 radical (unpaired) electrons. The van der Waals surface area contributed by atoms with Crippen molar-refractivity contribution in [2.75, 3.05) is 24.6 Å². The van der Waals surface area contributed by atoms with Crippen LogP contribution in [0.15, 0.2) is 0 Å². The molecular weight excluding hydrogens is 238 g/mol. The fraction of sp³-hybridized carbons (Fsp3) is 0.917. The second kappa shape index (κ2) is 4.96. The van der Waals surface area contributed by atoms with E-state index in [1.807, 2.05) is 13.8 Å². The van der Waals surface area contributed by atoms with Gasteiger partial charge in [-0.05, 0) is 12.3 Å². The second-order valence-electron chi connectivity index (χ2n) is 5.93. The lowest BCUT2D eigenvalue weighted by atomic mass is 9.82. The quantitative estimate of drug-likeness (QED) is 0.770. The van der Waals surface area contributed by atoms with Gasteiger partial charge in [-0.25, -0.2) is 8.42 Å². The molecular formula is C12H23NO3S. The third-order valence-corrected chi connectivity index (χ3v) is 4.74. The molecule has 0 aromatic rings. The number of hydrogen-bond acceptors (Lipinski definition) is 3. The van der Waals surface area contributed by atoms with Crippen LogP contribution in [0.4, 0.5) is 0 Å². The van der Waals surface area contributed by atoms with Gasteiger partial charge in [0.25, 0.3) is 0 Å². The molecule has 1 aliphatic heterocycles. The van der Waals surface area contributed by atoms with E-state index in [1.54, 1.807) is 4.90 Å². The Kier molecular flexibility index (Phi) is 4.23. The number of carbonyl (C=O) groups is 1. The molecule has 1 aliphatic rings. The zero-order valence-corrected chi connectivity index (χ0v) is 12.0. The number of amides is 1. The molecule has 1 saturated heterocycles. The third kappa shape index (κ3) is 3.98. The van der Waals surface area contributed by atoms with Crippen molar-refractivity contribution in [1.82, 2.24) is 4.90 Å². The van der Waals surface area contributed by atoms with E-state index in [0.717, 1.165) is 6.42 Å². The molecule has 17 heavy (non-hydrogen) atoms. The minimum absolute atomic E-state index is 0.0844. The van der Waals surface area contributed by atoms with Crippen molar-refractivity contribution >= 4 is 15.7 Å². The summed E-state index contributed by atoms with van der Waals surface area (Å²) in [6, 6.07) is 0. The fourth-order valence-corrected chi connectivity index (χ4v) is 3.65. The Hall–Kier alpha value is -0.580. The van der Waals surface area contributed by atoms with E-state index in [0.29, 0.717) is 19.0 Å². The van der Waals surface area contributed by atoms with Crippen molar-refractivity contribution in [2.24, 2.45) is 11.3 Å². The average molecular weight is 261 g/mol. The summed E-state index contributed by atoms with van der Waals surface area (Å²) in [5.74, 6) is 0.760. The molecule has 1 amide bonds. The number of hydrogen-bond donors (Lipinski definition) is 0. The normalized spacial score (nSPS) is 20.6. The summed E-state index contributed by atoms with van der Waals surface area (Å²) in [6.45, 7) is 8.77. The first-order valence-electron chi connectivity index (χ1n) is 6.14. The number of sulfone groups is 1. The largest absolute Gasteiger partial charge is 0.340 e. The summed E-state index contributed by atoms with van der Waals surface area (Å²) in [7, 11) is -2.91. The standard InChI is InChI=1S/C12H23NO3S/c1-10(2)9-12(3,4)11(14)13-5-7-17(15,16)8-6-13/h10H,5-9H2,1-4H3. The Morgan fingerprint density at radius 2 is 1.71 bits per heavy atom. The van der Waals surface area contributed by atoms with Gasteiger partial charge in [0.1, 0.15) is 0 Å². The topological polar surface area (TPSA) is 54.5 Å². The van der Waals surface area contributed by atoms with Crippen LogP contribution in [-0.2, 0) is 14.6 Å². The van der Waals surface area contributed by atoms with E-state index in [1.165, 1.54) is 0 Å². The fourth-order valence-electron chi connectivity index (χ4n) is 2.45. The summed E-state index contributed by atoms with van der Waals surface area (Å²) in [5, 5.41) is 0. The lowest BCUT2D eigenvalue weighted by Gasteiger charge is -2.35. The molecule has 1 rings (SSSR count). The molecule has 100 valence electrons. The zero-order valence-electron chi connectivity index (χ0n) is 11.2. The maximum absolute atomic E-state index is 12.3. The van der Waals surface area contributed by atoms with Gasteiger partial charge in [-0.1, -0.05) is 27.7 Å². The van der Waals surface area contributed by atoms with Gasteiger partial charge in [0.05, 0.1) is 11.5 Å². The molecule has 0 spiro atoms. The van der Waals surface area contributed by atoms with Crippen LogP contribution < -0.4 is 0 Å². The van der Waals surface area contributed by atoms with Crippen LogP contribution in [0.25, 0.3) is 0 Å². The Morgan fingerprint density at radius 1 is 1.24 bits per heavy atom. The monoisotopic (exact) mass is 261 g/mol. The minimum Gasteiger partial charge on any atom is -0.340 e. The van der Waals surface area contributed by atoms with Crippen LogP contribution in [0.1, 0.15) is 34.1 Å². The minimum atomic E-state index is -2.91. The number of rotatable bonds is 3. The van der Waals surface area contributed by atoms with Gasteiger partial charge < -0.3 is 4.90 Å². The molecule has 0 atom stereocenters. The highest BCUT2D eigenvalue weighted by molar-refractivity contribution is 7.91. The van der Waals surface area contributed by atoms with E-state index in [2.05, 4.69) is 13.8 Å². The van der Waals surface area contributed by atoms with Crippen molar-refractivity contribution in [2.45, 2.75) is 34.1 Å². The predicted octanol–water partition coefficient (Wildman–Crippen LogP) is 1.32.